The zero-order valence-electron chi connectivity index (χ0n) is 15.5. The minimum absolute atomic E-state index is 0.299. The topological polar surface area (TPSA) is 68.1 Å². The molecule has 0 aliphatic carbocycles. The summed E-state index contributed by atoms with van der Waals surface area (Å²) in [5.41, 5.74) is 2.11. The van der Waals surface area contributed by atoms with E-state index in [2.05, 4.69) is 26.9 Å². The molecule has 3 aromatic rings. The van der Waals surface area contributed by atoms with Gasteiger partial charge in [0.1, 0.15) is 5.82 Å². The van der Waals surface area contributed by atoms with E-state index in [-0.39, 0.29) is 0 Å². The van der Waals surface area contributed by atoms with Crippen LogP contribution < -0.4 is 0 Å². The minimum Gasteiger partial charge on any atom is -0.302 e. The summed E-state index contributed by atoms with van der Waals surface area (Å²) >= 11 is 1.55. The maximum Gasteiger partial charge on any atom is 0.242 e. The Kier molecular flexibility index (Phi) is 5.98. The van der Waals surface area contributed by atoms with Crippen molar-refractivity contribution in [3.05, 3.63) is 71.5 Å². The molecular weight excluding hydrogens is 380 g/mol. The third-order valence-corrected chi connectivity index (χ3v) is 6.98. The summed E-state index contributed by atoms with van der Waals surface area (Å²) in [6.07, 6.45) is 0. The van der Waals surface area contributed by atoms with E-state index in [1.54, 1.807) is 30.0 Å². The second-order valence-corrected chi connectivity index (χ2v) is 9.42. The van der Waals surface area contributed by atoms with Crippen molar-refractivity contribution in [3.8, 4) is 0 Å². The number of sulfonamides is 1. The highest BCUT2D eigenvalue weighted by Crippen LogP contribution is 2.24. The predicted octanol–water partition coefficient (Wildman–Crippen LogP) is 3.18. The SMILES string of the molecule is Cc1nnc(SCc2cccc(S(=O)(=O)N(C)C)c2)n1Cc1ccccc1. The van der Waals surface area contributed by atoms with Crippen LogP contribution in [0, 0.1) is 6.92 Å². The van der Waals surface area contributed by atoms with Gasteiger partial charge in [-0.3, -0.25) is 0 Å². The van der Waals surface area contributed by atoms with Gasteiger partial charge in [-0.15, -0.1) is 10.2 Å². The van der Waals surface area contributed by atoms with Crippen molar-refractivity contribution in [1.82, 2.24) is 19.1 Å². The highest BCUT2D eigenvalue weighted by molar-refractivity contribution is 7.98. The number of hydrogen-bond donors (Lipinski definition) is 0. The molecule has 0 aliphatic rings. The van der Waals surface area contributed by atoms with Crippen molar-refractivity contribution in [3.63, 3.8) is 0 Å². The Morgan fingerprint density at radius 1 is 1.00 bits per heavy atom. The third kappa shape index (κ3) is 4.58. The van der Waals surface area contributed by atoms with Crippen LogP contribution >= 0.6 is 11.8 Å². The second-order valence-electron chi connectivity index (χ2n) is 6.33. The predicted molar refractivity (Wildman–Crippen MR) is 107 cm³/mol. The molecule has 0 atom stereocenters. The fourth-order valence-corrected chi connectivity index (χ4v) is 4.47. The van der Waals surface area contributed by atoms with Crippen LogP contribution in [0.3, 0.4) is 0 Å². The molecule has 0 unspecified atom stereocenters. The van der Waals surface area contributed by atoms with Crippen LogP contribution in [-0.4, -0.2) is 41.6 Å². The zero-order valence-corrected chi connectivity index (χ0v) is 17.2. The summed E-state index contributed by atoms with van der Waals surface area (Å²) in [5.74, 6) is 1.47. The molecule has 0 spiro atoms. The molecule has 1 aromatic heterocycles. The van der Waals surface area contributed by atoms with Crippen LogP contribution in [0.2, 0.25) is 0 Å². The van der Waals surface area contributed by atoms with Gasteiger partial charge in [0, 0.05) is 19.8 Å². The van der Waals surface area contributed by atoms with Crippen molar-refractivity contribution in [1.29, 1.82) is 0 Å². The molecule has 2 aromatic carbocycles. The summed E-state index contributed by atoms with van der Waals surface area (Å²) in [5, 5.41) is 9.29. The number of rotatable bonds is 7. The van der Waals surface area contributed by atoms with E-state index in [1.807, 2.05) is 31.2 Å². The average molecular weight is 403 g/mol. The molecule has 1 heterocycles. The van der Waals surface area contributed by atoms with Crippen LogP contribution in [0.15, 0.2) is 64.6 Å². The lowest BCUT2D eigenvalue weighted by atomic mass is 10.2. The molecule has 0 saturated heterocycles. The maximum atomic E-state index is 12.3. The first-order chi connectivity index (χ1) is 12.9. The first-order valence-corrected chi connectivity index (χ1v) is 10.9. The molecule has 6 nitrogen and oxygen atoms in total. The molecule has 0 aliphatic heterocycles. The number of aryl methyl sites for hydroxylation is 1. The minimum atomic E-state index is -3.44. The highest BCUT2D eigenvalue weighted by Gasteiger charge is 2.17. The van der Waals surface area contributed by atoms with Gasteiger partial charge in [0.05, 0.1) is 11.4 Å². The molecule has 0 amide bonds. The van der Waals surface area contributed by atoms with Crippen molar-refractivity contribution in [2.24, 2.45) is 0 Å². The van der Waals surface area contributed by atoms with Crippen LogP contribution in [0.4, 0.5) is 0 Å². The van der Waals surface area contributed by atoms with Gasteiger partial charge in [-0.1, -0.05) is 54.2 Å². The van der Waals surface area contributed by atoms with Gasteiger partial charge in [0.15, 0.2) is 5.16 Å². The molecule has 27 heavy (non-hydrogen) atoms. The maximum absolute atomic E-state index is 12.3. The van der Waals surface area contributed by atoms with Gasteiger partial charge >= 0.3 is 0 Å². The van der Waals surface area contributed by atoms with Gasteiger partial charge < -0.3 is 4.57 Å². The van der Waals surface area contributed by atoms with Gasteiger partial charge in [0.2, 0.25) is 10.0 Å². The van der Waals surface area contributed by atoms with E-state index in [0.29, 0.717) is 17.2 Å². The molecule has 8 heteroatoms. The summed E-state index contributed by atoms with van der Waals surface area (Å²) in [7, 11) is -0.370. The molecular formula is C19H22N4O2S2. The number of benzene rings is 2. The Bertz CT molecular complexity index is 1020. The Balaban J connectivity index is 1.77. The Labute approximate surface area is 164 Å². The van der Waals surface area contributed by atoms with Crippen LogP contribution in [0.1, 0.15) is 17.0 Å². The second kappa shape index (κ2) is 8.24. The molecule has 0 fully saturated rings. The number of thioether (sulfide) groups is 1. The zero-order chi connectivity index (χ0) is 19.4. The van der Waals surface area contributed by atoms with E-state index >= 15 is 0 Å². The summed E-state index contributed by atoms with van der Waals surface area (Å²) in [4.78, 5) is 0.299. The Morgan fingerprint density at radius 3 is 2.41 bits per heavy atom. The van der Waals surface area contributed by atoms with Crippen molar-refractivity contribution < 1.29 is 8.42 Å². The normalized spacial score (nSPS) is 11.9. The molecule has 0 radical (unpaired) electrons. The average Bonchev–Trinajstić information content (AvgIpc) is 3.01. The number of hydrogen-bond acceptors (Lipinski definition) is 5. The fourth-order valence-electron chi connectivity index (χ4n) is 2.57. The van der Waals surface area contributed by atoms with Crippen LogP contribution in [0.25, 0.3) is 0 Å². The number of nitrogens with zero attached hydrogens (tertiary/aromatic N) is 4. The first-order valence-electron chi connectivity index (χ1n) is 8.46. The molecule has 142 valence electrons. The Hall–Kier alpha value is -2.16. The van der Waals surface area contributed by atoms with Crippen LogP contribution in [-0.2, 0) is 22.3 Å². The molecule has 0 bridgehead atoms. The lowest BCUT2D eigenvalue weighted by molar-refractivity contribution is 0.520. The Morgan fingerprint density at radius 2 is 1.70 bits per heavy atom. The monoisotopic (exact) mass is 402 g/mol. The van der Waals surface area contributed by atoms with Crippen molar-refractivity contribution >= 4 is 21.8 Å². The van der Waals surface area contributed by atoms with Gasteiger partial charge in [-0.05, 0) is 30.2 Å². The van der Waals surface area contributed by atoms with E-state index in [1.165, 1.54) is 24.0 Å². The van der Waals surface area contributed by atoms with Crippen molar-refractivity contribution in [2.45, 2.75) is 29.3 Å². The summed E-state index contributed by atoms with van der Waals surface area (Å²) in [6.45, 7) is 2.64. The fraction of sp³-hybridized carbons (Fsp3) is 0.263. The molecule has 0 N–H and O–H groups in total. The summed E-state index contributed by atoms with van der Waals surface area (Å²) < 4.78 is 27.9. The number of aromatic nitrogens is 3. The molecule has 3 rings (SSSR count). The largest absolute Gasteiger partial charge is 0.302 e. The third-order valence-electron chi connectivity index (χ3n) is 4.13. The van der Waals surface area contributed by atoms with E-state index in [4.69, 9.17) is 0 Å². The lowest BCUT2D eigenvalue weighted by Crippen LogP contribution is -2.22. The first kappa shape index (κ1) is 19.6. The van der Waals surface area contributed by atoms with E-state index in [0.717, 1.165) is 16.5 Å². The quantitative estimate of drug-likeness (QED) is 0.568. The van der Waals surface area contributed by atoms with Gasteiger partial charge in [-0.2, -0.15) is 0 Å². The smallest absolute Gasteiger partial charge is 0.242 e. The van der Waals surface area contributed by atoms with E-state index < -0.39 is 10.0 Å². The lowest BCUT2D eigenvalue weighted by Gasteiger charge is -2.12. The van der Waals surface area contributed by atoms with Crippen LogP contribution in [0.5, 0.6) is 0 Å². The highest BCUT2D eigenvalue weighted by atomic mass is 32.2. The van der Waals surface area contributed by atoms with Crippen molar-refractivity contribution in [2.75, 3.05) is 14.1 Å². The summed E-state index contributed by atoms with van der Waals surface area (Å²) in [6, 6.07) is 17.2. The van der Waals surface area contributed by atoms with E-state index in [9.17, 15) is 8.42 Å². The van der Waals surface area contributed by atoms with Gasteiger partial charge in [-0.25, -0.2) is 12.7 Å². The standard InChI is InChI=1S/C19H22N4O2S2/c1-15-20-21-19(23(15)13-16-8-5-4-6-9-16)26-14-17-10-7-11-18(12-17)27(24,25)22(2)3/h4-12H,13-14H2,1-3H3. The molecule has 0 saturated carbocycles. The van der Waals surface area contributed by atoms with Gasteiger partial charge in [0.25, 0.3) is 0 Å².